The van der Waals surface area contributed by atoms with Crippen molar-refractivity contribution >= 4 is 11.2 Å². The van der Waals surface area contributed by atoms with E-state index in [4.69, 9.17) is 4.74 Å². The molecule has 0 unspecified atom stereocenters. The summed E-state index contributed by atoms with van der Waals surface area (Å²) in [6.45, 7) is 0.294. The number of ether oxygens (including phenoxy) is 1. The molecule has 0 radical (unpaired) electrons. The van der Waals surface area contributed by atoms with Gasteiger partial charge in [0.2, 0.25) is 0 Å². The molecule has 0 fully saturated rings. The molecule has 0 spiro atoms. The number of aromatic amines is 1. The number of benzene rings is 2. The van der Waals surface area contributed by atoms with Crippen LogP contribution in [-0.4, -0.2) is 41.6 Å². The topological polar surface area (TPSA) is 104 Å². The molecule has 0 aliphatic rings. The number of halogens is 1. The number of hydrogen-bond acceptors (Lipinski definition) is 6. The van der Waals surface area contributed by atoms with Gasteiger partial charge in [-0.15, -0.1) is 0 Å². The first-order valence-electron chi connectivity index (χ1n) is 9.38. The summed E-state index contributed by atoms with van der Waals surface area (Å²) in [6, 6.07) is 12.0. The van der Waals surface area contributed by atoms with Crippen molar-refractivity contribution in [2.24, 2.45) is 0 Å². The highest BCUT2D eigenvalue weighted by molar-refractivity contribution is 5.74. The molecule has 0 saturated heterocycles. The summed E-state index contributed by atoms with van der Waals surface area (Å²) in [4.78, 5) is 25.6. The SMILES string of the molecule is COc1c(F)cccc1-c1ncc2[nH]c(=O)n(Cc3ccc(-n4nccn4)cc3)c2n1. The number of para-hydroxylation sites is 1. The average Bonchev–Trinajstić information content (AvgIpc) is 3.42. The highest BCUT2D eigenvalue weighted by Crippen LogP contribution is 2.30. The predicted octanol–water partition coefficient (Wildman–Crippen LogP) is 2.56. The van der Waals surface area contributed by atoms with Gasteiger partial charge in [-0.05, 0) is 29.8 Å². The quantitative estimate of drug-likeness (QED) is 0.471. The fraction of sp³-hybridized carbons (Fsp3) is 0.0952. The fourth-order valence-electron chi connectivity index (χ4n) is 3.38. The Morgan fingerprint density at radius 3 is 2.61 bits per heavy atom. The first kappa shape index (κ1) is 18.7. The molecule has 1 N–H and O–H groups in total. The Balaban J connectivity index is 1.54. The Labute approximate surface area is 174 Å². The van der Waals surface area contributed by atoms with Crippen molar-refractivity contribution < 1.29 is 9.13 Å². The van der Waals surface area contributed by atoms with Gasteiger partial charge in [-0.3, -0.25) is 4.57 Å². The second-order valence-corrected chi connectivity index (χ2v) is 6.75. The Kier molecular flexibility index (Phi) is 4.51. The van der Waals surface area contributed by atoms with Crippen LogP contribution in [-0.2, 0) is 6.54 Å². The second kappa shape index (κ2) is 7.48. The second-order valence-electron chi connectivity index (χ2n) is 6.75. The van der Waals surface area contributed by atoms with E-state index in [1.54, 1.807) is 24.5 Å². The summed E-state index contributed by atoms with van der Waals surface area (Å²) in [7, 11) is 1.38. The van der Waals surface area contributed by atoms with E-state index in [0.29, 0.717) is 23.3 Å². The van der Waals surface area contributed by atoms with Crippen LogP contribution in [0.25, 0.3) is 28.2 Å². The zero-order chi connectivity index (χ0) is 21.4. The third kappa shape index (κ3) is 3.33. The molecule has 5 rings (SSSR count). The highest BCUT2D eigenvalue weighted by Gasteiger charge is 2.16. The number of methoxy groups -OCH3 is 1. The molecule has 3 heterocycles. The number of nitrogens with one attached hydrogen (secondary N) is 1. The molecule has 0 bridgehead atoms. The monoisotopic (exact) mass is 417 g/mol. The van der Waals surface area contributed by atoms with Crippen LogP contribution >= 0.6 is 0 Å². The van der Waals surface area contributed by atoms with E-state index in [1.165, 1.54) is 28.7 Å². The van der Waals surface area contributed by atoms with Crippen LogP contribution in [0.4, 0.5) is 4.39 Å². The van der Waals surface area contributed by atoms with Crippen molar-refractivity contribution in [2.45, 2.75) is 6.54 Å². The summed E-state index contributed by atoms with van der Waals surface area (Å²) < 4.78 is 20.8. The molecule has 5 aromatic rings. The van der Waals surface area contributed by atoms with Crippen molar-refractivity contribution in [3.8, 4) is 22.8 Å². The van der Waals surface area contributed by atoms with E-state index in [1.807, 2.05) is 24.3 Å². The minimum Gasteiger partial charge on any atom is -0.493 e. The van der Waals surface area contributed by atoms with E-state index in [9.17, 15) is 9.18 Å². The van der Waals surface area contributed by atoms with Gasteiger partial charge < -0.3 is 9.72 Å². The Morgan fingerprint density at radius 1 is 1.10 bits per heavy atom. The first-order chi connectivity index (χ1) is 15.1. The number of imidazole rings is 1. The van der Waals surface area contributed by atoms with Gasteiger partial charge in [0.05, 0.1) is 43.5 Å². The molecule has 154 valence electrons. The summed E-state index contributed by atoms with van der Waals surface area (Å²) in [5.74, 6) is -0.201. The molecule has 0 aliphatic carbocycles. The van der Waals surface area contributed by atoms with Gasteiger partial charge in [0, 0.05) is 0 Å². The summed E-state index contributed by atoms with van der Waals surface area (Å²) in [5.41, 5.74) is 2.69. The van der Waals surface area contributed by atoms with Crippen molar-refractivity contribution in [2.75, 3.05) is 7.11 Å². The predicted molar refractivity (Wildman–Crippen MR) is 111 cm³/mol. The lowest BCUT2D eigenvalue weighted by Gasteiger charge is -2.09. The summed E-state index contributed by atoms with van der Waals surface area (Å²) in [5, 5.41) is 8.19. The van der Waals surface area contributed by atoms with Gasteiger partial charge in [0.25, 0.3) is 0 Å². The molecule has 3 aromatic heterocycles. The number of rotatable bonds is 5. The maximum atomic E-state index is 14.1. The van der Waals surface area contributed by atoms with Crippen LogP contribution in [0.3, 0.4) is 0 Å². The zero-order valence-electron chi connectivity index (χ0n) is 16.4. The fourth-order valence-corrected chi connectivity index (χ4v) is 3.38. The highest BCUT2D eigenvalue weighted by atomic mass is 19.1. The minimum absolute atomic E-state index is 0.0501. The Hall–Kier alpha value is -4.34. The molecule has 0 aliphatic heterocycles. The lowest BCUT2D eigenvalue weighted by molar-refractivity contribution is 0.388. The number of aromatic nitrogens is 7. The summed E-state index contributed by atoms with van der Waals surface area (Å²) in [6.07, 6.45) is 4.71. The van der Waals surface area contributed by atoms with Gasteiger partial charge in [-0.25, -0.2) is 19.2 Å². The standard InChI is InChI=1S/C21H16FN7O2/c1-31-18-15(3-2-4-16(18)22)19-23-11-17-20(27-19)28(21(30)26-17)12-13-5-7-14(8-6-13)29-24-9-10-25-29/h2-11H,12H2,1H3,(H,26,30). The van der Waals surface area contributed by atoms with E-state index >= 15 is 0 Å². The third-order valence-electron chi connectivity index (χ3n) is 4.85. The molecule has 2 aromatic carbocycles. The van der Waals surface area contributed by atoms with Crippen molar-refractivity contribution in [1.82, 2.24) is 34.5 Å². The Bertz CT molecular complexity index is 1420. The van der Waals surface area contributed by atoms with Crippen LogP contribution in [0.5, 0.6) is 5.75 Å². The van der Waals surface area contributed by atoms with Gasteiger partial charge in [0.15, 0.2) is 23.0 Å². The molecule has 10 heteroatoms. The maximum Gasteiger partial charge on any atom is 0.328 e. The van der Waals surface area contributed by atoms with Crippen LogP contribution in [0.1, 0.15) is 5.56 Å². The van der Waals surface area contributed by atoms with E-state index in [2.05, 4.69) is 25.1 Å². The van der Waals surface area contributed by atoms with Crippen LogP contribution < -0.4 is 10.4 Å². The van der Waals surface area contributed by atoms with Crippen molar-refractivity contribution in [3.63, 3.8) is 0 Å². The number of H-pyrrole nitrogens is 1. The number of fused-ring (bicyclic) bond motifs is 1. The number of hydrogen-bond donors (Lipinski definition) is 1. The third-order valence-corrected chi connectivity index (χ3v) is 4.85. The largest absolute Gasteiger partial charge is 0.493 e. The first-order valence-corrected chi connectivity index (χ1v) is 9.38. The molecular formula is C21H16FN7O2. The van der Waals surface area contributed by atoms with Crippen LogP contribution in [0, 0.1) is 5.82 Å². The molecule has 0 atom stereocenters. The smallest absolute Gasteiger partial charge is 0.328 e. The Morgan fingerprint density at radius 2 is 1.87 bits per heavy atom. The van der Waals surface area contributed by atoms with Crippen molar-refractivity contribution in [1.29, 1.82) is 0 Å². The lowest BCUT2D eigenvalue weighted by Crippen LogP contribution is -2.17. The number of nitrogens with zero attached hydrogens (tertiary/aromatic N) is 6. The van der Waals surface area contributed by atoms with E-state index in [0.717, 1.165) is 11.3 Å². The van der Waals surface area contributed by atoms with Crippen LogP contribution in [0.2, 0.25) is 0 Å². The molecule has 31 heavy (non-hydrogen) atoms. The van der Waals surface area contributed by atoms with Gasteiger partial charge in [-0.2, -0.15) is 15.0 Å². The molecular weight excluding hydrogens is 401 g/mol. The van der Waals surface area contributed by atoms with Crippen LogP contribution in [0.15, 0.2) is 65.8 Å². The van der Waals surface area contributed by atoms with Gasteiger partial charge >= 0.3 is 5.69 Å². The summed E-state index contributed by atoms with van der Waals surface area (Å²) >= 11 is 0. The van der Waals surface area contributed by atoms with Crippen molar-refractivity contribution in [3.05, 3.63) is 82.9 Å². The average molecular weight is 417 g/mol. The molecule has 9 nitrogen and oxygen atoms in total. The zero-order valence-corrected chi connectivity index (χ0v) is 16.4. The van der Waals surface area contributed by atoms with Gasteiger partial charge in [-0.1, -0.05) is 18.2 Å². The van der Waals surface area contributed by atoms with E-state index < -0.39 is 5.82 Å². The molecule has 0 saturated carbocycles. The normalized spacial score (nSPS) is 11.2. The maximum absolute atomic E-state index is 14.1. The van der Waals surface area contributed by atoms with E-state index in [-0.39, 0.29) is 17.3 Å². The van der Waals surface area contributed by atoms with Gasteiger partial charge in [0.1, 0.15) is 5.52 Å². The minimum atomic E-state index is -0.512. The molecule has 0 amide bonds. The lowest BCUT2D eigenvalue weighted by atomic mass is 10.2.